The first-order valence-corrected chi connectivity index (χ1v) is 9.33. The number of likely N-dealkylation sites (N-methyl/N-ethyl adjacent to an activating group) is 1. The van der Waals surface area contributed by atoms with Gasteiger partial charge in [-0.05, 0) is 35.4 Å². The lowest BCUT2D eigenvalue weighted by atomic mass is 10.1. The molecule has 0 atom stereocenters. The first-order chi connectivity index (χ1) is 12.3. The van der Waals surface area contributed by atoms with Gasteiger partial charge in [0.15, 0.2) is 0 Å². The molecule has 2 aromatic carbocycles. The third-order valence-electron chi connectivity index (χ3n) is 3.78. The molecule has 0 saturated heterocycles. The molecule has 0 saturated carbocycles. The Balaban J connectivity index is 1.98. The van der Waals surface area contributed by atoms with Crippen molar-refractivity contribution in [3.63, 3.8) is 0 Å². The summed E-state index contributed by atoms with van der Waals surface area (Å²) >= 11 is 0. The van der Waals surface area contributed by atoms with Crippen LogP contribution < -0.4 is 5.32 Å². The van der Waals surface area contributed by atoms with Crippen molar-refractivity contribution >= 4 is 15.9 Å². The summed E-state index contributed by atoms with van der Waals surface area (Å²) in [4.78, 5) is 12.0. The Labute approximate surface area is 152 Å². The molecule has 0 aromatic heterocycles. The minimum Gasteiger partial charge on any atom is -0.380 e. The fraction of sp³-hybridized carbons (Fsp3) is 0.278. The molecular weight excluding hydrogens is 359 g/mol. The van der Waals surface area contributed by atoms with E-state index in [0.29, 0.717) is 6.61 Å². The molecular formula is C18H21FN2O4S. The van der Waals surface area contributed by atoms with Gasteiger partial charge in [-0.25, -0.2) is 12.8 Å². The number of carbonyl (C=O) groups is 1. The van der Waals surface area contributed by atoms with Crippen LogP contribution in [-0.4, -0.2) is 39.3 Å². The van der Waals surface area contributed by atoms with Gasteiger partial charge in [-0.2, -0.15) is 4.31 Å². The summed E-state index contributed by atoms with van der Waals surface area (Å²) in [6.07, 6.45) is 0. The quantitative estimate of drug-likeness (QED) is 0.759. The molecule has 26 heavy (non-hydrogen) atoms. The minimum atomic E-state index is -3.86. The molecule has 2 rings (SSSR count). The smallest absolute Gasteiger partial charge is 0.243 e. The topological polar surface area (TPSA) is 75.7 Å². The maximum absolute atomic E-state index is 13.0. The second-order valence-electron chi connectivity index (χ2n) is 5.69. The van der Waals surface area contributed by atoms with Gasteiger partial charge in [-0.15, -0.1) is 0 Å². The van der Waals surface area contributed by atoms with Crippen molar-refractivity contribution in [2.24, 2.45) is 0 Å². The molecule has 2 aromatic rings. The van der Waals surface area contributed by atoms with Gasteiger partial charge < -0.3 is 10.1 Å². The predicted octanol–water partition coefficient (Wildman–Crippen LogP) is 1.91. The number of hydrogen-bond donors (Lipinski definition) is 1. The molecule has 0 aliphatic heterocycles. The van der Waals surface area contributed by atoms with E-state index in [0.717, 1.165) is 27.6 Å². The van der Waals surface area contributed by atoms with E-state index >= 15 is 0 Å². The van der Waals surface area contributed by atoms with Crippen LogP contribution in [-0.2, 0) is 32.7 Å². The molecule has 0 bridgehead atoms. The number of methoxy groups -OCH3 is 1. The highest BCUT2D eigenvalue weighted by atomic mass is 32.2. The summed E-state index contributed by atoms with van der Waals surface area (Å²) in [5.41, 5.74) is 1.84. The van der Waals surface area contributed by atoms with Gasteiger partial charge in [0.25, 0.3) is 0 Å². The van der Waals surface area contributed by atoms with Crippen molar-refractivity contribution in [3.05, 3.63) is 65.5 Å². The number of sulfonamides is 1. The molecule has 0 heterocycles. The van der Waals surface area contributed by atoms with E-state index in [1.54, 1.807) is 7.11 Å². The van der Waals surface area contributed by atoms with Gasteiger partial charge in [0.2, 0.25) is 15.9 Å². The van der Waals surface area contributed by atoms with Crippen LogP contribution in [0.4, 0.5) is 4.39 Å². The summed E-state index contributed by atoms with van der Waals surface area (Å²) in [6, 6.07) is 12.0. The lowest BCUT2D eigenvalue weighted by Gasteiger charge is -2.17. The van der Waals surface area contributed by atoms with E-state index in [4.69, 9.17) is 4.74 Å². The zero-order valence-corrected chi connectivity index (χ0v) is 15.4. The van der Waals surface area contributed by atoms with Crippen molar-refractivity contribution in [3.8, 4) is 0 Å². The van der Waals surface area contributed by atoms with Crippen molar-refractivity contribution in [2.75, 3.05) is 20.7 Å². The Morgan fingerprint density at radius 2 is 1.73 bits per heavy atom. The van der Waals surface area contributed by atoms with Crippen molar-refractivity contribution in [1.29, 1.82) is 0 Å². The third kappa shape index (κ3) is 5.10. The summed E-state index contributed by atoms with van der Waals surface area (Å²) in [5.74, 6) is -0.968. The normalized spacial score (nSPS) is 11.5. The Morgan fingerprint density at radius 3 is 2.35 bits per heavy atom. The number of amides is 1. The standard InChI is InChI=1S/C18H21FN2O4S/c1-21(26(23,24)17-9-7-16(19)8-10-17)12-18(22)20-11-14-5-3-4-6-15(14)13-25-2/h3-10H,11-13H2,1-2H3,(H,20,22). The van der Waals surface area contributed by atoms with E-state index < -0.39 is 21.7 Å². The largest absolute Gasteiger partial charge is 0.380 e. The molecule has 1 amide bonds. The molecule has 0 fully saturated rings. The number of halogens is 1. The van der Waals surface area contributed by atoms with Crippen LogP contribution in [0.5, 0.6) is 0 Å². The fourth-order valence-corrected chi connectivity index (χ4v) is 3.48. The zero-order chi connectivity index (χ0) is 19.2. The third-order valence-corrected chi connectivity index (χ3v) is 5.60. The zero-order valence-electron chi connectivity index (χ0n) is 14.6. The van der Waals surface area contributed by atoms with E-state index in [-0.39, 0.29) is 18.0 Å². The van der Waals surface area contributed by atoms with Crippen molar-refractivity contribution in [1.82, 2.24) is 9.62 Å². The van der Waals surface area contributed by atoms with Gasteiger partial charge in [0.1, 0.15) is 5.82 Å². The molecule has 6 nitrogen and oxygen atoms in total. The van der Waals surface area contributed by atoms with E-state index in [1.807, 2.05) is 24.3 Å². The summed E-state index contributed by atoms with van der Waals surface area (Å²) in [7, 11) is -0.974. The molecule has 140 valence electrons. The predicted molar refractivity (Wildman–Crippen MR) is 95.2 cm³/mol. The lowest BCUT2D eigenvalue weighted by molar-refractivity contribution is -0.121. The number of hydrogen-bond acceptors (Lipinski definition) is 4. The second-order valence-corrected chi connectivity index (χ2v) is 7.74. The van der Waals surface area contributed by atoms with Crippen LogP contribution in [0.2, 0.25) is 0 Å². The molecule has 0 aliphatic carbocycles. The van der Waals surface area contributed by atoms with Crippen molar-refractivity contribution in [2.45, 2.75) is 18.0 Å². The Bertz CT molecular complexity index is 854. The lowest BCUT2D eigenvalue weighted by Crippen LogP contribution is -2.38. The highest BCUT2D eigenvalue weighted by Crippen LogP contribution is 2.14. The highest BCUT2D eigenvalue weighted by molar-refractivity contribution is 7.89. The SMILES string of the molecule is COCc1ccccc1CNC(=O)CN(C)S(=O)(=O)c1ccc(F)cc1. The maximum atomic E-state index is 13.0. The number of carbonyl (C=O) groups excluding carboxylic acids is 1. The van der Waals surface area contributed by atoms with E-state index in [2.05, 4.69) is 5.32 Å². The molecule has 0 spiro atoms. The van der Waals surface area contributed by atoms with Gasteiger partial charge in [-0.3, -0.25) is 4.79 Å². The fourth-order valence-electron chi connectivity index (χ4n) is 2.35. The molecule has 0 aliphatic rings. The van der Waals surface area contributed by atoms with Crippen LogP contribution in [0.15, 0.2) is 53.4 Å². The van der Waals surface area contributed by atoms with Crippen LogP contribution in [0.3, 0.4) is 0 Å². The van der Waals surface area contributed by atoms with Gasteiger partial charge in [0.05, 0.1) is 18.0 Å². The molecule has 0 unspecified atom stereocenters. The van der Waals surface area contributed by atoms with Crippen LogP contribution in [0.25, 0.3) is 0 Å². The first kappa shape index (κ1) is 20.0. The monoisotopic (exact) mass is 380 g/mol. The average molecular weight is 380 g/mol. The maximum Gasteiger partial charge on any atom is 0.243 e. The number of nitrogens with zero attached hydrogens (tertiary/aromatic N) is 1. The second kappa shape index (κ2) is 8.88. The first-order valence-electron chi connectivity index (χ1n) is 7.89. The Kier molecular flexibility index (Phi) is 6.84. The van der Waals surface area contributed by atoms with Gasteiger partial charge >= 0.3 is 0 Å². The van der Waals surface area contributed by atoms with Crippen LogP contribution in [0.1, 0.15) is 11.1 Å². The van der Waals surface area contributed by atoms with Crippen LogP contribution in [0, 0.1) is 5.82 Å². The Hall–Kier alpha value is -2.29. The molecule has 8 heteroatoms. The summed E-state index contributed by atoms with van der Waals surface area (Å²) < 4.78 is 43.8. The van der Waals surface area contributed by atoms with E-state index in [1.165, 1.54) is 19.2 Å². The molecule has 0 radical (unpaired) electrons. The molecule has 1 N–H and O–H groups in total. The number of nitrogens with one attached hydrogen (secondary N) is 1. The summed E-state index contributed by atoms with van der Waals surface area (Å²) in [6.45, 7) is 0.347. The van der Waals surface area contributed by atoms with Gasteiger partial charge in [0, 0.05) is 20.7 Å². The Morgan fingerprint density at radius 1 is 1.12 bits per heavy atom. The van der Waals surface area contributed by atoms with Crippen molar-refractivity contribution < 1.29 is 22.3 Å². The van der Waals surface area contributed by atoms with E-state index in [9.17, 15) is 17.6 Å². The highest BCUT2D eigenvalue weighted by Gasteiger charge is 2.22. The number of benzene rings is 2. The van der Waals surface area contributed by atoms with Gasteiger partial charge in [-0.1, -0.05) is 24.3 Å². The summed E-state index contributed by atoms with van der Waals surface area (Å²) in [5, 5.41) is 2.70. The average Bonchev–Trinajstić information content (AvgIpc) is 2.61. The van der Waals surface area contributed by atoms with Crippen LogP contribution >= 0.6 is 0 Å². The number of rotatable bonds is 8. The minimum absolute atomic E-state index is 0.0698. The number of ether oxygens (including phenoxy) is 1.